The Morgan fingerprint density at radius 1 is 1.50 bits per heavy atom. The first-order valence-electron chi connectivity index (χ1n) is 4.67. The third-order valence-corrected chi connectivity index (χ3v) is 2.42. The second-order valence-electron chi connectivity index (χ2n) is 3.45. The van der Waals surface area contributed by atoms with E-state index in [1.807, 2.05) is 18.2 Å². The number of rotatable bonds is 3. The molecular weight excluding hydrogens is 178 g/mol. The molecule has 2 atom stereocenters. The van der Waals surface area contributed by atoms with Crippen molar-refractivity contribution < 1.29 is 9.53 Å². The zero-order valence-electron chi connectivity index (χ0n) is 8.14. The maximum Gasteiger partial charge on any atom is 0.324 e. The molecule has 1 aliphatic heterocycles. The second-order valence-corrected chi connectivity index (χ2v) is 3.45. The van der Waals surface area contributed by atoms with E-state index in [0.717, 1.165) is 13.1 Å². The van der Waals surface area contributed by atoms with Gasteiger partial charge in [-0.15, -0.1) is 0 Å². The van der Waals surface area contributed by atoms with E-state index in [1.165, 1.54) is 12.7 Å². The third-order valence-electron chi connectivity index (χ3n) is 2.42. The molecule has 1 aromatic carbocycles. The van der Waals surface area contributed by atoms with E-state index in [0.29, 0.717) is 0 Å². The normalized spacial score (nSPS) is 24.4. The predicted octanol–water partition coefficient (Wildman–Crippen LogP) is 1.04. The highest BCUT2D eigenvalue weighted by molar-refractivity contribution is 5.78. The number of methoxy groups -OCH3 is 1. The van der Waals surface area contributed by atoms with Gasteiger partial charge in [0, 0.05) is 13.1 Å². The first-order chi connectivity index (χ1) is 6.81. The van der Waals surface area contributed by atoms with Gasteiger partial charge in [-0.25, -0.2) is 0 Å². The Kier molecular flexibility index (Phi) is 2.50. The smallest absolute Gasteiger partial charge is 0.324 e. The van der Waals surface area contributed by atoms with Gasteiger partial charge in [-0.3, -0.25) is 9.69 Å². The fourth-order valence-corrected chi connectivity index (χ4v) is 1.53. The number of carbonyl (C=O) groups is 1. The number of nitrogens with zero attached hydrogens (tertiary/aromatic N) is 1. The summed E-state index contributed by atoms with van der Waals surface area (Å²) in [6.07, 6.45) is 0. The number of benzene rings is 1. The molecule has 0 radical (unpaired) electrons. The summed E-state index contributed by atoms with van der Waals surface area (Å²) >= 11 is 0. The molecule has 3 nitrogen and oxygen atoms in total. The molecule has 0 N–H and O–H groups in total. The predicted molar refractivity (Wildman–Crippen MR) is 52.7 cm³/mol. The molecule has 1 fully saturated rings. The SMILES string of the molecule is COC(=O)C1CN1Cc1ccccc1. The van der Waals surface area contributed by atoms with Crippen LogP contribution in [0.1, 0.15) is 5.56 Å². The Morgan fingerprint density at radius 3 is 2.86 bits per heavy atom. The fraction of sp³-hybridized carbons (Fsp3) is 0.364. The molecule has 1 aliphatic rings. The molecule has 0 aromatic heterocycles. The lowest BCUT2D eigenvalue weighted by atomic mass is 10.2. The molecule has 0 amide bonds. The summed E-state index contributed by atoms with van der Waals surface area (Å²) in [7, 11) is 1.43. The number of hydrogen-bond acceptors (Lipinski definition) is 3. The molecule has 0 spiro atoms. The van der Waals surface area contributed by atoms with E-state index in [-0.39, 0.29) is 12.0 Å². The Bertz CT molecular complexity index is 323. The van der Waals surface area contributed by atoms with Crippen molar-refractivity contribution in [1.29, 1.82) is 0 Å². The van der Waals surface area contributed by atoms with E-state index in [4.69, 9.17) is 0 Å². The van der Waals surface area contributed by atoms with Gasteiger partial charge < -0.3 is 4.74 Å². The monoisotopic (exact) mass is 191 g/mol. The summed E-state index contributed by atoms with van der Waals surface area (Å²) in [6.45, 7) is 1.65. The van der Waals surface area contributed by atoms with Crippen molar-refractivity contribution in [2.75, 3.05) is 13.7 Å². The van der Waals surface area contributed by atoms with Gasteiger partial charge >= 0.3 is 5.97 Å². The highest BCUT2D eigenvalue weighted by atomic mass is 16.5. The van der Waals surface area contributed by atoms with Crippen LogP contribution in [0.4, 0.5) is 0 Å². The van der Waals surface area contributed by atoms with Crippen LogP contribution in [0.5, 0.6) is 0 Å². The van der Waals surface area contributed by atoms with Gasteiger partial charge in [0.15, 0.2) is 0 Å². The Morgan fingerprint density at radius 2 is 2.21 bits per heavy atom. The van der Waals surface area contributed by atoms with Crippen LogP contribution in [0.25, 0.3) is 0 Å². The first kappa shape index (κ1) is 9.21. The standard InChI is InChI=1S/C11H13NO2/c1-14-11(13)10-8-12(10)7-9-5-3-2-4-6-9/h2-6,10H,7-8H2,1H3. The molecule has 14 heavy (non-hydrogen) atoms. The second kappa shape index (κ2) is 3.80. The van der Waals surface area contributed by atoms with Crippen molar-refractivity contribution in [1.82, 2.24) is 4.90 Å². The van der Waals surface area contributed by atoms with Crippen LogP contribution in [0.15, 0.2) is 30.3 Å². The average molecular weight is 191 g/mol. The maximum absolute atomic E-state index is 11.1. The minimum atomic E-state index is -0.124. The molecule has 1 saturated heterocycles. The van der Waals surface area contributed by atoms with Gasteiger partial charge in [-0.2, -0.15) is 0 Å². The van der Waals surface area contributed by atoms with E-state index in [1.54, 1.807) is 0 Å². The largest absolute Gasteiger partial charge is 0.468 e. The van der Waals surface area contributed by atoms with Crippen LogP contribution in [0, 0.1) is 0 Å². The zero-order chi connectivity index (χ0) is 9.97. The van der Waals surface area contributed by atoms with Crippen LogP contribution >= 0.6 is 0 Å². The minimum absolute atomic E-state index is 0.0137. The summed E-state index contributed by atoms with van der Waals surface area (Å²) in [6, 6.07) is 10.1. The Balaban J connectivity index is 1.88. The van der Waals surface area contributed by atoms with Crippen LogP contribution in [0.3, 0.4) is 0 Å². The topological polar surface area (TPSA) is 29.3 Å². The number of carbonyl (C=O) groups excluding carboxylic acids is 1. The quantitative estimate of drug-likeness (QED) is 0.528. The molecule has 3 heteroatoms. The Labute approximate surface area is 83.3 Å². The Hall–Kier alpha value is -1.35. The van der Waals surface area contributed by atoms with Gasteiger partial charge in [0.1, 0.15) is 6.04 Å². The molecule has 1 aromatic rings. The van der Waals surface area contributed by atoms with Crippen LogP contribution in [-0.2, 0) is 16.1 Å². The maximum atomic E-state index is 11.1. The van der Waals surface area contributed by atoms with Crippen molar-refractivity contribution >= 4 is 5.97 Å². The van der Waals surface area contributed by atoms with Gasteiger partial charge in [0.2, 0.25) is 0 Å². The molecule has 0 saturated carbocycles. The van der Waals surface area contributed by atoms with E-state index < -0.39 is 0 Å². The number of ether oxygens (including phenoxy) is 1. The first-order valence-corrected chi connectivity index (χ1v) is 4.67. The summed E-state index contributed by atoms with van der Waals surface area (Å²) in [5.41, 5.74) is 1.24. The van der Waals surface area contributed by atoms with Gasteiger partial charge in [0.25, 0.3) is 0 Å². The number of hydrogen-bond donors (Lipinski definition) is 0. The van der Waals surface area contributed by atoms with E-state index in [9.17, 15) is 4.79 Å². The third kappa shape index (κ3) is 1.93. The summed E-state index contributed by atoms with van der Waals surface area (Å²) in [4.78, 5) is 13.2. The highest BCUT2D eigenvalue weighted by Gasteiger charge is 2.40. The molecule has 2 unspecified atom stereocenters. The minimum Gasteiger partial charge on any atom is -0.468 e. The van der Waals surface area contributed by atoms with E-state index >= 15 is 0 Å². The van der Waals surface area contributed by atoms with Crippen molar-refractivity contribution in [2.24, 2.45) is 0 Å². The van der Waals surface area contributed by atoms with Crippen LogP contribution in [0.2, 0.25) is 0 Å². The lowest BCUT2D eigenvalue weighted by Gasteiger charge is -2.02. The molecule has 2 rings (SSSR count). The lowest BCUT2D eigenvalue weighted by Crippen LogP contribution is -2.14. The van der Waals surface area contributed by atoms with Crippen LogP contribution < -0.4 is 0 Å². The van der Waals surface area contributed by atoms with Gasteiger partial charge in [0.05, 0.1) is 7.11 Å². The summed E-state index contributed by atoms with van der Waals surface area (Å²) in [5.74, 6) is -0.124. The van der Waals surface area contributed by atoms with Crippen molar-refractivity contribution in [3.63, 3.8) is 0 Å². The summed E-state index contributed by atoms with van der Waals surface area (Å²) in [5, 5.41) is 0. The van der Waals surface area contributed by atoms with E-state index in [2.05, 4.69) is 21.8 Å². The average Bonchev–Trinajstić information content (AvgIpc) is 2.98. The zero-order valence-corrected chi connectivity index (χ0v) is 8.14. The summed E-state index contributed by atoms with van der Waals surface area (Å²) < 4.78 is 4.66. The molecule has 1 heterocycles. The fourth-order valence-electron chi connectivity index (χ4n) is 1.53. The molecule has 74 valence electrons. The molecular formula is C11H13NO2. The lowest BCUT2D eigenvalue weighted by molar-refractivity contribution is -0.140. The van der Waals surface area contributed by atoms with Crippen molar-refractivity contribution in [3.8, 4) is 0 Å². The van der Waals surface area contributed by atoms with Crippen molar-refractivity contribution in [3.05, 3.63) is 35.9 Å². The van der Waals surface area contributed by atoms with Gasteiger partial charge in [-0.05, 0) is 5.56 Å². The molecule has 0 aliphatic carbocycles. The van der Waals surface area contributed by atoms with Crippen LogP contribution in [-0.4, -0.2) is 30.6 Å². The van der Waals surface area contributed by atoms with Gasteiger partial charge in [-0.1, -0.05) is 30.3 Å². The molecule has 0 bridgehead atoms. The number of esters is 1. The van der Waals surface area contributed by atoms with Crippen molar-refractivity contribution in [2.45, 2.75) is 12.6 Å². The highest BCUT2D eigenvalue weighted by Crippen LogP contribution is 2.21.